The summed E-state index contributed by atoms with van der Waals surface area (Å²) in [5.41, 5.74) is 1.42. The molecule has 0 bridgehead atoms. The fourth-order valence-corrected chi connectivity index (χ4v) is 3.27. The number of thioether (sulfide) groups is 1. The van der Waals surface area contributed by atoms with Crippen LogP contribution in [0.4, 0.5) is 5.69 Å². The van der Waals surface area contributed by atoms with Crippen molar-refractivity contribution in [2.24, 2.45) is 0 Å². The summed E-state index contributed by atoms with van der Waals surface area (Å²) in [6.07, 6.45) is 3.35. The number of benzene rings is 1. The topological polar surface area (TPSA) is 83.6 Å². The molecule has 0 aliphatic heterocycles. The molecule has 25 heavy (non-hydrogen) atoms. The number of rotatable bonds is 5. The Labute approximate surface area is 158 Å². The molecule has 0 saturated heterocycles. The zero-order chi connectivity index (χ0) is 17.8. The number of anilines is 1. The highest BCUT2D eigenvalue weighted by molar-refractivity contribution is 8.00. The van der Waals surface area contributed by atoms with Crippen molar-refractivity contribution in [2.45, 2.75) is 17.3 Å². The van der Waals surface area contributed by atoms with E-state index in [1.54, 1.807) is 37.5 Å². The van der Waals surface area contributed by atoms with E-state index in [4.69, 9.17) is 23.2 Å². The second-order valence-electron chi connectivity index (χ2n) is 5.11. The first-order valence-corrected chi connectivity index (χ1v) is 8.91. The minimum absolute atomic E-state index is 0.196. The summed E-state index contributed by atoms with van der Waals surface area (Å²) >= 11 is 13.1. The lowest BCUT2D eigenvalue weighted by Crippen LogP contribution is -2.22. The predicted octanol–water partition coefficient (Wildman–Crippen LogP) is 4.29. The average Bonchev–Trinajstić information content (AvgIpc) is 3.03. The van der Waals surface area contributed by atoms with Crippen molar-refractivity contribution in [1.82, 2.24) is 20.2 Å². The van der Waals surface area contributed by atoms with Crippen molar-refractivity contribution in [3.8, 4) is 11.4 Å². The smallest absolute Gasteiger partial charge is 0.237 e. The number of nitrogens with one attached hydrogen (secondary N) is 2. The van der Waals surface area contributed by atoms with Gasteiger partial charge >= 0.3 is 0 Å². The van der Waals surface area contributed by atoms with Crippen molar-refractivity contribution in [2.75, 3.05) is 5.32 Å². The monoisotopic (exact) mass is 393 g/mol. The van der Waals surface area contributed by atoms with Gasteiger partial charge in [0.1, 0.15) is 0 Å². The maximum absolute atomic E-state index is 12.3. The van der Waals surface area contributed by atoms with Gasteiger partial charge in [0.05, 0.1) is 5.25 Å². The fourth-order valence-electron chi connectivity index (χ4n) is 2.02. The van der Waals surface area contributed by atoms with Crippen LogP contribution in [0.5, 0.6) is 0 Å². The van der Waals surface area contributed by atoms with Crippen molar-refractivity contribution in [3.63, 3.8) is 0 Å². The standard InChI is InChI=1S/C16H13Cl2N5OS/c1-9(15(24)20-13-7-11(17)6-12(18)8-13)25-16-21-14(22-23-16)10-2-4-19-5-3-10/h2-9H,1H3,(H,20,24)(H,21,22,23)/t9-/m0/s1. The number of H-pyrrole nitrogens is 1. The first-order chi connectivity index (χ1) is 12.0. The normalized spacial score (nSPS) is 12.0. The first kappa shape index (κ1) is 17.7. The number of carbonyl (C=O) groups excluding carboxylic acids is 1. The van der Waals surface area contributed by atoms with Gasteiger partial charge < -0.3 is 5.32 Å². The summed E-state index contributed by atoms with van der Waals surface area (Å²) in [4.78, 5) is 20.7. The number of pyridine rings is 1. The van der Waals surface area contributed by atoms with Gasteiger partial charge in [0.25, 0.3) is 0 Å². The second kappa shape index (κ2) is 7.86. The second-order valence-corrected chi connectivity index (χ2v) is 7.29. The van der Waals surface area contributed by atoms with Crippen LogP contribution in [0.3, 0.4) is 0 Å². The van der Waals surface area contributed by atoms with Crippen molar-refractivity contribution in [3.05, 3.63) is 52.8 Å². The Morgan fingerprint density at radius 2 is 1.88 bits per heavy atom. The number of halogens is 2. The predicted molar refractivity (Wildman–Crippen MR) is 100 cm³/mol. The molecule has 0 saturated carbocycles. The molecule has 3 aromatic rings. The molecule has 6 nitrogen and oxygen atoms in total. The lowest BCUT2D eigenvalue weighted by Gasteiger charge is -2.10. The largest absolute Gasteiger partial charge is 0.325 e. The molecule has 2 N–H and O–H groups in total. The molecule has 1 amide bonds. The lowest BCUT2D eigenvalue weighted by atomic mass is 10.3. The van der Waals surface area contributed by atoms with E-state index in [0.717, 1.165) is 5.56 Å². The summed E-state index contributed by atoms with van der Waals surface area (Å²) in [6, 6.07) is 8.53. The van der Waals surface area contributed by atoms with Crippen LogP contribution < -0.4 is 5.32 Å². The van der Waals surface area contributed by atoms with Gasteiger partial charge in [-0.1, -0.05) is 35.0 Å². The Kier molecular flexibility index (Phi) is 5.57. The van der Waals surface area contributed by atoms with Crippen LogP contribution >= 0.6 is 35.0 Å². The van der Waals surface area contributed by atoms with Crippen LogP contribution in [0.25, 0.3) is 11.4 Å². The summed E-state index contributed by atoms with van der Waals surface area (Å²) in [5, 5.41) is 10.8. The van der Waals surface area contributed by atoms with Gasteiger partial charge in [-0.15, -0.1) is 5.10 Å². The Balaban J connectivity index is 1.64. The molecule has 0 aliphatic rings. The highest BCUT2D eigenvalue weighted by atomic mass is 35.5. The first-order valence-electron chi connectivity index (χ1n) is 7.27. The van der Waals surface area contributed by atoms with Crippen LogP contribution in [0, 0.1) is 0 Å². The number of aromatic nitrogens is 4. The van der Waals surface area contributed by atoms with Crippen LogP contribution in [-0.4, -0.2) is 31.3 Å². The third kappa shape index (κ3) is 4.72. The number of aromatic amines is 1. The number of hydrogen-bond donors (Lipinski definition) is 2. The summed E-state index contributed by atoms with van der Waals surface area (Å²) in [6.45, 7) is 1.77. The Morgan fingerprint density at radius 1 is 1.20 bits per heavy atom. The molecule has 0 unspecified atom stereocenters. The maximum atomic E-state index is 12.3. The third-order valence-corrected chi connectivity index (χ3v) is 4.60. The molecule has 0 radical (unpaired) electrons. The SMILES string of the molecule is C[C@H](Sc1n[nH]c(-c2ccncc2)n1)C(=O)Nc1cc(Cl)cc(Cl)c1. The number of hydrogen-bond acceptors (Lipinski definition) is 5. The van der Waals surface area contributed by atoms with E-state index < -0.39 is 5.25 Å². The Hall–Kier alpha value is -2.09. The van der Waals surface area contributed by atoms with Crippen molar-refractivity contribution < 1.29 is 4.79 Å². The van der Waals surface area contributed by atoms with Crippen LogP contribution in [0.2, 0.25) is 10.0 Å². The molecule has 0 aliphatic carbocycles. The average molecular weight is 394 g/mol. The van der Waals surface area contributed by atoms with E-state index in [1.165, 1.54) is 11.8 Å². The van der Waals surface area contributed by atoms with E-state index in [1.807, 2.05) is 12.1 Å². The zero-order valence-electron chi connectivity index (χ0n) is 13.0. The number of nitrogens with zero attached hydrogens (tertiary/aromatic N) is 3. The lowest BCUT2D eigenvalue weighted by molar-refractivity contribution is -0.115. The van der Waals surface area contributed by atoms with E-state index in [2.05, 4.69) is 25.5 Å². The minimum atomic E-state index is -0.404. The minimum Gasteiger partial charge on any atom is -0.325 e. The molecule has 2 aromatic heterocycles. The van der Waals surface area contributed by atoms with Gasteiger partial charge in [-0.25, -0.2) is 4.98 Å². The van der Waals surface area contributed by atoms with E-state index in [-0.39, 0.29) is 5.91 Å². The summed E-state index contributed by atoms with van der Waals surface area (Å²) in [5.74, 6) is 0.428. The zero-order valence-corrected chi connectivity index (χ0v) is 15.4. The molecule has 2 heterocycles. The molecule has 9 heteroatoms. The molecule has 128 valence electrons. The van der Waals surface area contributed by atoms with Crippen molar-refractivity contribution >= 4 is 46.6 Å². The molecule has 1 aromatic carbocycles. The van der Waals surface area contributed by atoms with Gasteiger partial charge in [0, 0.05) is 33.7 Å². The van der Waals surface area contributed by atoms with Crippen molar-refractivity contribution in [1.29, 1.82) is 0 Å². The van der Waals surface area contributed by atoms with E-state index in [9.17, 15) is 4.79 Å². The Morgan fingerprint density at radius 3 is 2.56 bits per heavy atom. The quantitative estimate of drug-likeness (QED) is 0.631. The van der Waals surface area contributed by atoms with Gasteiger partial charge in [-0.2, -0.15) is 0 Å². The molecule has 0 spiro atoms. The van der Waals surface area contributed by atoms with Gasteiger partial charge in [0.15, 0.2) is 5.82 Å². The number of amides is 1. The number of carbonyl (C=O) groups is 1. The molecular formula is C16H13Cl2N5OS. The van der Waals surface area contributed by atoms with Gasteiger partial charge in [-0.05, 0) is 37.3 Å². The molecule has 0 fully saturated rings. The van der Waals surface area contributed by atoms with E-state index in [0.29, 0.717) is 26.7 Å². The molecular weight excluding hydrogens is 381 g/mol. The van der Waals surface area contributed by atoms with E-state index >= 15 is 0 Å². The van der Waals surface area contributed by atoms with Crippen LogP contribution in [-0.2, 0) is 4.79 Å². The maximum Gasteiger partial charge on any atom is 0.237 e. The highest BCUT2D eigenvalue weighted by Gasteiger charge is 2.18. The van der Waals surface area contributed by atoms with Gasteiger partial charge in [0.2, 0.25) is 11.1 Å². The Bertz CT molecular complexity index is 867. The summed E-state index contributed by atoms with van der Waals surface area (Å²) < 4.78 is 0. The van der Waals surface area contributed by atoms with Gasteiger partial charge in [-0.3, -0.25) is 14.9 Å². The molecule has 3 rings (SSSR count). The molecule has 1 atom stereocenters. The fraction of sp³-hybridized carbons (Fsp3) is 0.125. The van der Waals surface area contributed by atoms with Crippen LogP contribution in [0.1, 0.15) is 6.92 Å². The van der Waals surface area contributed by atoms with Crippen LogP contribution in [0.15, 0.2) is 47.9 Å². The highest BCUT2D eigenvalue weighted by Crippen LogP contribution is 2.25. The third-order valence-electron chi connectivity index (χ3n) is 3.20. The summed E-state index contributed by atoms with van der Waals surface area (Å²) in [7, 11) is 0.